The Morgan fingerprint density at radius 3 is 2.57 bits per heavy atom. The Morgan fingerprint density at radius 1 is 1.35 bits per heavy atom. The molecule has 1 aromatic rings. The summed E-state index contributed by atoms with van der Waals surface area (Å²) in [4.78, 5) is 13.8. The second-order valence-corrected chi connectivity index (χ2v) is 6.49. The predicted molar refractivity (Wildman–Crippen MR) is 80.7 cm³/mol. The van der Waals surface area contributed by atoms with E-state index in [0.717, 1.165) is 12.1 Å². The summed E-state index contributed by atoms with van der Waals surface area (Å²) in [6, 6.07) is 4.83. The zero-order valence-electron chi connectivity index (χ0n) is 13.3. The summed E-state index contributed by atoms with van der Waals surface area (Å²) in [5.41, 5.74) is -1.30. The molecule has 7 heteroatoms. The molecule has 1 atom stereocenters. The Labute approximate surface area is 133 Å². The fourth-order valence-electron chi connectivity index (χ4n) is 2.92. The van der Waals surface area contributed by atoms with Crippen molar-refractivity contribution in [1.82, 2.24) is 10.2 Å². The summed E-state index contributed by atoms with van der Waals surface area (Å²) in [7, 11) is 0. The van der Waals surface area contributed by atoms with E-state index in [-0.39, 0.29) is 24.3 Å². The number of nitrogens with zero attached hydrogens (tertiary/aromatic N) is 1. The molecule has 1 unspecified atom stereocenters. The number of hydrogen-bond acceptors (Lipinski definition) is 2. The van der Waals surface area contributed by atoms with Gasteiger partial charge in [0.1, 0.15) is 5.54 Å². The number of amides is 1. The topological polar surface area (TPSA) is 56.2 Å². The van der Waals surface area contributed by atoms with Crippen LogP contribution in [0.5, 0.6) is 0 Å². The molecule has 0 bridgehead atoms. The molecule has 1 aromatic carbocycles. The van der Waals surface area contributed by atoms with Gasteiger partial charge >= 0.3 is 6.18 Å². The maximum Gasteiger partial charge on any atom is 0.416 e. The van der Waals surface area contributed by atoms with Crippen LogP contribution in [0.25, 0.3) is 0 Å². The Bertz CT molecular complexity index is 627. The third-order valence-corrected chi connectivity index (χ3v) is 3.79. The van der Waals surface area contributed by atoms with Crippen LogP contribution in [-0.4, -0.2) is 22.3 Å². The van der Waals surface area contributed by atoms with Crippen molar-refractivity contribution in [2.45, 2.75) is 45.5 Å². The molecular formula is C16H20F3N3O. The maximum absolute atomic E-state index is 12.8. The second-order valence-electron chi connectivity index (χ2n) is 6.49. The van der Waals surface area contributed by atoms with Crippen LogP contribution in [0.3, 0.4) is 0 Å². The van der Waals surface area contributed by atoms with Crippen molar-refractivity contribution in [3.63, 3.8) is 0 Å². The predicted octanol–water partition coefficient (Wildman–Crippen LogP) is 3.38. The Kier molecular flexibility index (Phi) is 4.41. The first-order valence-electron chi connectivity index (χ1n) is 7.38. The van der Waals surface area contributed by atoms with Crippen LogP contribution in [0.4, 0.5) is 13.2 Å². The van der Waals surface area contributed by atoms with Crippen molar-refractivity contribution in [3.05, 3.63) is 35.4 Å². The maximum atomic E-state index is 12.8. The van der Waals surface area contributed by atoms with E-state index in [2.05, 4.69) is 5.32 Å². The van der Waals surface area contributed by atoms with Gasteiger partial charge in [-0.2, -0.15) is 13.2 Å². The number of halogens is 3. The van der Waals surface area contributed by atoms with E-state index in [9.17, 15) is 18.0 Å². The van der Waals surface area contributed by atoms with Crippen molar-refractivity contribution in [2.75, 3.05) is 0 Å². The van der Waals surface area contributed by atoms with Gasteiger partial charge in [0.15, 0.2) is 5.96 Å². The number of alkyl halides is 3. The van der Waals surface area contributed by atoms with Gasteiger partial charge in [-0.05, 0) is 37.0 Å². The Balaban J connectivity index is 2.21. The Hall–Kier alpha value is -2.05. The largest absolute Gasteiger partial charge is 0.416 e. The zero-order valence-corrected chi connectivity index (χ0v) is 13.3. The number of carbonyl (C=O) groups is 1. The summed E-state index contributed by atoms with van der Waals surface area (Å²) in [5, 5.41) is 10.8. The molecule has 1 fully saturated rings. The lowest BCUT2D eigenvalue weighted by Crippen LogP contribution is -2.44. The Morgan fingerprint density at radius 2 is 2.00 bits per heavy atom. The lowest BCUT2D eigenvalue weighted by molar-refractivity contribution is -0.137. The summed E-state index contributed by atoms with van der Waals surface area (Å²) in [6.07, 6.45) is -3.88. The summed E-state index contributed by atoms with van der Waals surface area (Å²) < 4.78 is 38.3. The lowest BCUT2D eigenvalue weighted by Gasteiger charge is -2.24. The van der Waals surface area contributed by atoms with Gasteiger partial charge in [-0.25, -0.2) is 0 Å². The SMILES string of the molecule is CC(C)CC1(C)NC(=N)N(Cc2cccc(C(F)(F)F)c2)C1=O. The average Bonchev–Trinajstić information content (AvgIpc) is 2.61. The molecule has 2 rings (SSSR count). The van der Waals surface area contributed by atoms with E-state index in [0.29, 0.717) is 12.0 Å². The molecule has 0 aromatic heterocycles. The molecule has 1 saturated heterocycles. The molecule has 1 heterocycles. The van der Waals surface area contributed by atoms with Crippen LogP contribution in [0.2, 0.25) is 0 Å². The first-order valence-corrected chi connectivity index (χ1v) is 7.38. The highest BCUT2D eigenvalue weighted by Crippen LogP contribution is 2.31. The summed E-state index contributed by atoms with van der Waals surface area (Å²) >= 11 is 0. The molecule has 0 spiro atoms. The van der Waals surface area contributed by atoms with E-state index in [4.69, 9.17) is 5.41 Å². The van der Waals surface area contributed by atoms with Gasteiger partial charge in [0, 0.05) is 0 Å². The first-order chi connectivity index (χ1) is 10.5. The smallest absolute Gasteiger partial charge is 0.342 e. The third kappa shape index (κ3) is 3.65. The van der Waals surface area contributed by atoms with Crippen LogP contribution in [0.15, 0.2) is 24.3 Å². The van der Waals surface area contributed by atoms with Crippen LogP contribution >= 0.6 is 0 Å². The highest BCUT2D eigenvalue weighted by atomic mass is 19.4. The van der Waals surface area contributed by atoms with Crippen molar-refractivity contribution < 1.29 is 18.0 Å². The lowest BCUT2D eigenvalue weighted by atomic mass is 9.91. The van der Waals surface area contributed by atoms with Crippen molar-refractivity contribution in [2.24, 2.45) is 5.92 Å². The minimum Gasteiger partial charge on any atom is -0.342 e. The van der Waals surface area contributed by atoms with Crippen molar-refractivity contribution in [1.29, 1.82) is 5.41 Å². The molecular weight excluding hydrogens is 307 g/mol. The normalized spacial score (nSPS) is 22.0. The molecule has 23 heavy (non-hydrogen) atoms. The highest BCUT2D eigenvalue weighted by molar-refractivity contribution is 6.07. The molecule has 1 aliphatic rings. The summed E-state index contributed by atoms with van der Waals surface area (Å²) in [6.45, 7) is 5.61. The van der Waals surface area contributed by atoms with Crippen LogP contribution in [0, 0.1) is 11.3 Å². The molecule has 0 radical (unpaired) electrons. The van der Waals surface area contributed by atoms with Crippen LogP contribution in [-0.2, 0) is 17.5 Å². The molecule has 126 valence electrons. The zero-order chi connectivity index (χ0) is 17.4. The van der Waals surface area contributed by atoms with E-state index in [1.54, 1.807) is 6.92 Å². The fourth-order valence-corrected chi connectivity index (χ4v) is 2.92. The number of rotatable bonds is 4. The molecule has 0 saturated carbocycles. The van der Waals surface area contributed by atoms with Crippen LogP contribution in [0.1, 0.15) is 38.3 Å². The minimum absolute atomic E-state index is 0.0533. The van der Waals surface area contributed by atoms with Gasteiger partial charge < -0.3 is 5.32 Å². The third-order valence-electron chi connectivity index (χ3n) is 3.79. The highest BCUT2D eigenvalue weighted by Gasteiger charge is 2.46. The quantitative estimate of drug-likeness (QED) is 0.891. The molecule has 1 amide bonds. The van der Waals surface area contributed by atoms with Gasteiger partial charge in [-0.3, -0.25) is 15.1 Å². The van der Waals surface area contributed by atoms with E-state index in [1.165, 1.54) is 17.0 Å². The minimum atomic E-state index is -4.43. The average molecular weight is 327 g/mol. The first kappa shape index (κ1) is 17.3. The number of guanidine groups is 1. The molecule has 4 nitrogen and oxygen atoms in total. The standard InChI is InChI=1S/C16H20F3N3O/c1-10(2)8-15(3)13(23)22(14(20)21-15)9-11-5-4-6-12(7-11)16(17,18)19/h4-7,10H,8-9H2,1-3H3,(H2,20,21). The number of carbonyl (C=O) groups excluding carboxylic acids is 1. The molecule has 2 N–H and O–H groups in total. The van der Waals surface area contributed by atoms with Gasteiger partial charge in [0.2, 0.25) is 0 Å². The van der Waals surface area contributed by atoms with Gasteiger partial charge in [-0.15, -0.1) is 0 Å². The van der Waals surface area contributed by atoms with Gasteiger partial charge in [0.25, 0.3) is 5.91 Å². The number of hydrogen-bond donors (Lipinski definition) is 2. The van der Waals surface area contributed by atoms with Crippen molar-refractivity contribution in [3.8, 4) is 0 Å². The summed E-state index contributed by atoms with van der Waals surface area (Å²) in [5.74, 6) is -0.109. The number of nitrogens with one attached hydrogen (secondary N) is 2. The number of benzene rings is 1. The van der Waals surface area contributed by atoms with E-state index < -0.39 is 17.3 Å². The van der Waals surface area contributed by atoms with E-state index >= 15 is 0 Å². The van der Waals surface area contributed by atoms with Gasteiger partial charge in [-0.1, -0.05) is 26.0 Å². The van der Waals surface area contributed by atoms with Gasteiger partial charge in [0.05, 0.1) is 12.1 Å². The fraction of sp³-hybridized carbons (Fsp3) is 0.500. The van der Waals surface area contributed by atoms with E-state index in [1.807, 2.05) is 13.8 Å². The van der Waals surface area contributed by atoms with Crippen molar-refractivity contribution >= 4 is 11.9 Å². The molecule has 0 aliphatic carbocycles. The van der Waals surface area contributed by atoms with Crippen LogP contribution < -0.4 is 5.32 Å². The monoisotopic (exact) mass is 327 g/mol. The second kappa shape index (κ2) is 5.86. The molecule has 1 aliphatic heterocycles.